The van der Waals surface area contributed by atoms with Crippen LogP contribution in [-0.2, 0) is 13.1 Å². The molecule has 1 aromatic heterocycles. The lowest BCUT2D eigenvalue weighted by Crippen LogP contribution is -2.37. The van der Waals surface area contributed by atoms with Gasteiger partial charge in [0.15, 0.2) is 11.3 Å². The molecule has 0 atom stereocenters. The number of pyridine rings is 1. The molecule has 1 fully saturated rings. The highest BCUT2D eigenvalue weighted by atomic mass is 35.5. The molecule has 1 saturated carbocycles. The van der Waals surface area contributed by atoms with Crippen molar-refractivity contribution in [1.29, 1.82) is 0 Å². The number of H-pyrrole nitrogens is 1. The normalized spacial score (nSPS) is 13.1. The first-order chi connectivity index (χ1) is 20.2. The van der Waals surface area contributed by atoms with Gasteiger partial charge >= 0.3 is 0 Å². The Labute approximate surface area is 254 Å². The molecular weight excluding hydrogens is 552 g/mol. The Morgan fingerprint density at radius 2 is 1.79 bits per heavy atom. The Morgan fingerprint density at radius 3 is 2.43 bits per heavy atom. The van der Waals surface area contributed by atoms with Crippen LogP contribution >= 0.6 is 11.6 Å². The maximum atomic E-state index is 13.1. The van der Waals surface area contributed by atoms with Gasteiger partial charge in [-0.2, -0.15) is 0 Å². The predicted octanol–water partition coefficient (Wildman–Crippen LogP) is 6.16. The van der Waals surface area contributed by atoms with Gasteiger partial charge in [-0.1, -0.05) is 43.0 Å². The summed E-state index contributed by atoms with van der Waals surface area (Å²) in [4.78, 5) is 30.8. The number of nitrogens with zero attached hydrogens (tertiary/aromatic N) is 1. The molecule has 1 heterocycles. The number of halogens is 1. The van der Waals surface area contributed by atoms with Crippen LogP contribution in [-0.4, -0.2) is 44.7 Å². The van der Waals surface area contributed by atoms with E-state index in [2.05, 4.69) is 33.5 Å². The Balaban J connectivity index is 0.000000369. The lowest BCUT2D eigenvalue weighted by molar-refractivity contribution is 0.0950. The van der Waals surface area contributed by atoms with Gasteiger partial charge in [0.25, 0.3) is 5.91 Å². The minimum absolute atomic E-state index is 0.0685. The van der Waals surface area contributed by atoms with Crippen LogP contribution in [0, 0.1) is 13.8 Å². The van der Waals surface area contributed by atoms with E-state index in [1.165, 1.54) is 38.0 Å². The highest BCUT2D eigenvalue weighted by Crippen LogP contribution is 2.33. The number of amides is 1. The van der Waals surface area contributed by atoms with Crippen LogP contribution in [0.2, 0.25) is 5.02 Å². The number of anilines is 1. The van der Waals surface area contributed by atoms with Crippen LogP contribution < -0.4 is 30.4 Å². The number of ether oxygens (including phenoxy) is 2. The van der Waals surface area contributed by atoms with Gasteiger partial charge < -0.3 is 30.0 Å². The van der Waals surface area contributed by atoms with Crippen molar-refractivity contribution in [3.05, 3.63) is 85.7 Å². The number of rotatable bonds is 10. The second kappa shape index (κ2) is 16.2. The van der Waals surface area contributed by atoms with Crippen LogP contribution in [0.15, 0.2) is 47.3 Å². The summed E-state index contributed by atoms with van der Waals surface area (Å²) >= 11 is 6.43. The van der Waals surface area contributed by atoms with Crippen molar-refractivity contribution < 1.29 is 14.3 Å². The molecule has 8 nitrogen and oxygen atoms in total. The van der Waals surface area contributed by atoms with Gasteiger partial charge in [-0.15, -0.1) is 0 Å². The van der Waals surface area contributed by atoms with Gasteiger partial charge in [-0.05, 0) is 76.1 Å². The van der Waals surface area contributed by atoms with Crippen LogP contribution in [0.4, 0.5) is 5.69 Å². The number of carbonyl (C=O) groups excluding carboxylic acids is 1. The summed E-state index contributed by atoms with van der Waals surface area (Å²) in [5, 5.41) is 6.48. The smallest absolute Gasteiger partial charge is 0.251 e. The quantitative estimate of drug-likeness (QED) is 0.260. The molecule has 9 heteroatoms. The van der Waals surface area contributed by atoms with Crippen LogP contribution in [0.3, 0.4) is 0 Å². The summed E-state index contributed by atoms with van der Waals surface area (Å²) in [5.41, 5.74) is 4.60. The second-order valence-corrected chi connectivity index (χ2v) is 11.0. The number of aryl methyl sites for hydroxylation is 1. The minimum Gasteiger partial charge on any atom is -0.497 e. The number of hydrogen-bond acceptors (Lipinski definition) is 6. The average molecular weight is 597 g/mol. The molecule has 2 aromatic carbocycles. The lowest BCUT2D eigenvalue weighted by atomic mass is 9.93. The van der Waals surface area contributed by atoms with Gasteiger partial charge in [0.05, 0.1) is 26.3 Å². The SMILES string of the molecule is CCN(c1cc(Cl)cc(C(=O)NCc2c(OC)[nH]c(C)cc2=O)c1C)C1CCCCC1.CNCc1cccc(OC)c1. The number of aromatic amines is 1. The zero-order valence-corrected chi connectivity index (χ0v) is 26.5. The molecule has 1 aliphatic rings. The largest absolute Gasteiger partial charge is 0.497 e. The third-order valence-corrected chi connectivity index (χ3v) is 7.85. The van der Waals surface area contributed by atoms with Gasteiger partial charge in [0, 0.05) is 47.2 Å². The molecule has 0 saturated heterocycles. The highest BCUT2D eigenvalue weighted by molar-refractivity contribution is 6.31. The highest BCUT2D eigenvalue weighted by Gasteiger charge is 2.24. The van der Waals surface area contributed by atoms with E-state index in [1.807, 2.05) is 38.2 Å². The molecule has 0 aliphatic heterocycles. The molecule has 0 spiro atoms. The van der Waals surface area contributed by atoms with E-state index < -0.39 is 0 Å². The summed E-state index contributed by atoms with van der Waals surface area (Å²) < 4.78 is 10.4. The molecule has 1 aliphatic carbocycles. The molecule has 1 amide bonds. The van der Waals surface area contributed by atoms with Crippen LogP contribution in [0.1, 0.15) is 71.8 Å². The van der Waals surface area contributed by atoms with E-state index >= 15 is 0 Å². The fourth-order valence-electron chi connectivity index (χ4n) is 5.50. The monoisotopic (exact) mass is 596 g/mol. The molecule has 0 bridgehead atoms. The zero-order valence-electron chi connectivity index (χ0n) is 25.7. The minimum atomic E-state index is -0.261. The van der Waals surface area contributed by atoms with E-state index in [9.17, 15) is 9.59 Å². The summed E-state index contributed by atoms with van der Waals surface area (Å²) in [6, 6.07) is 13.7. The first-order valence-corrected chi connectivity index (χ1v) is 15.0. The van der Waals surface area contributed by atoms with E-state index in [0.29, 0.717) is 33.8 Å². The molecule has 3 aromatic rings. The van der Waals surface area contributed by atoms with Crippen LogP contribution in [0.5, 0.6) is 11.6 Å². The Morgan fingerprint density at radius 1 is 1.05 bits per heavy atom. The van der Waals surface area contributed by atoms with Crippen molar-refractivity contribution in [3.63, 3.8) is 0 Å². The number of benzene rings is 2. The van der Waals surface area contributed by atoms with E-state index in [4.69, 9.17) is 21.1 Å². The first-order valence-electron chi connectivity index (χ1n) is 14.6. The lowest BCUT2D eigenvalue weighted by Gasteiger charge is -2.36. The zero-order chi connectivity index (χ0) is 30.6. The van der Waals surface area contributed by atoms with Crippen molar-refractivity contribution in [2.45, 2.75) is 72.0 Å². The van der Waals surface area contributed by atoms with E-state index in [1.54, 1.807) is 20.1 Å². The van der Waals surface area contributed by atoms with Crippen molar-refractivity contribution in [1.82, 2.24) is 15.6 Å². The topological polar surface area (TPSA) is 95.7 Å². The standard InChI is InChI=1S/C24H32ClN3O3.C9H13NO/c1-5-28(18-9-7-6-8-10-18)21-13-17(25)12-19(16(21)3)23(30)26-14-20-22(29)11-15(2)27-24(20)31-4;1-10-7-8-4-3-5-9(6-8)11-2/h11-13,18H,5-10,14H2,1-4H3,(H,26,30)(H,27,29);3-6,10H,7H2,1-2H3. The maximum absolute atomic E-state index is 13.1. The maximum Gasteiger partial charge on any atom is 0.251 e. The third kappa shape index (κ3) is 8.76. The fourth-order valence-corrected chi connectivity index (χ4v) is 5.71. The average Bonchev–Trinajstić information content (AvgIpc) is 2.99. The van der Waals surface area contributed by atoms with Crippen molar-refractivity contribution in [2.24, 2.45) is 0 Å². The number of hydrogen-bond donors (Lipinski definition) is 3. The molecule has 4 rings (SSSR count). The van der Waals surface area contributed by atoms with Crippen LogP contribution in [0.25, 0.3) is 0 Å². The van der Waals surface area contributed by atoms with Gasteiger partial charge in [-0.3, -0.25) is 9.59 Å². The Kier molecular flexibility index (Phi) is 12.8. The number of nitrogens with one attached hydrogen (secondary N) is 3. The Bertz CT molecular complexity index is 1380. The van der Waals surface area contributed by atoms with Crippen molar-refractivity contribution >= 4 is 23.2 Å². The van der Waals surface area contributed by atoms with Gasteiger partial charge in [-0.25, -0.2) is 0 Å². The number of aromatic nitrogens is 1. The van der Waals surface area contributed by atoms with E-state index in [-0.39, 0.29) is 17.9 Å². The van der Waals surface area contributed by atoms with Gasteiger partial charge in [0.2, 0.25) is 0 Å². The Hall–Kier alpha value is -3.49. The fraction of sp³-hybridized carbons (Fsp3) is 0.455. The summed E-state index contributed by atoms with van der Waals surface area (Å²) in [6.07, 6.45) is 6.09. The number of methoxy groups -OCH3 is 2. The third-order valence-electron chi connectivity index (χ3n) is 7.63. The predicted molar refractivity (Wildman–Crippen MR) is 171 cm³/mol. The molecule has 0 radical (unpaired) electrons. The van der Waals surface area contributed by atoms with Crippen molar-refractivity contribution in [2.75, 3.05) is 32.7 Å². The molecular formula is C33H45ClN4O4. The molecule has 0 unspecified atom stereocenters. The second-order valence-electron chi connectivity index (χ2n) is 10.6. The first kappa shape index (κ1) is 33.0. The summed E-state index contributed by atoms with van der Waals surface area (Å²) in [5.74, 6) is 1.02. The van der Waals surface area contributed by atoms with Crippen molar-refractivity contribution in [3.8, 4) is 11.6 Å². The molecule has 42 heavy (non-hydrogen) atoms. The number of carbonyl (C=O) groups is 1. The summed E-state index contributed by atoms with van der Waals surface area (Å²) in [7, 11) is 5.10. The summed E-state index contributed by atoms with van der Waals surface area (Å²) in [6.45, 7) is 7.71. The van der Waals surface area contributed by atoms with E-state index in [0.717, 1.165) is 42.9 Å². The molecule has 3 N–H and O–H groups in total. The molecule has 228 valence electrons. The van der Waals surface area contributed by atoms with Gasteiger partial charge in [0.1, 0.15) is 5.75 Å².